The molecular weight excluding hydrogens is 579 g/mol. The number of unbranched alkanes of at least 4 members (excludes halogenated alkanes) is 2. The molecule has 1 aliphatic heterocycles. The predicted molar refractivity (Wildman–Crippen MR) is 155 cm³/mol. The summed E-state index contributed by atoms with van der Waals surface area (Å²) >= 11 is 11.8. The summed E-state index contributed by atoms with van der Waals surface area (Å²) < 4.78 is 30.1. The summed E-state index contributed by atoms with van der Waals surface area (Å²) in [5, 5.41) is 37.2. The molecule has 0 aliphatic carbocycles. The zero-order chi connectivity index (χ0) is 28.3. The summed E-state index contributed by atoms with van der Waals surface area (Å²) in [5.41, 5.74) is 1.48. The van der Waals surface area contributed by atoms with Gasteiger partial charge in [0.1, 0.15) is 35.4 Å². The van der Waals surface area contributed by atoms with Gasteiger partial charge in [0.05, 0.1) is 24.2 Å². The van der Waals surface area contributed by atoms with E-state index in [2.05, 4.69) is 13.8 Å². The molecule has 0 spiro atoms. The number of thiophene rings is 2. The normalized spacial score (nSPS) is 16.4. The van der Waals surface area contributed by atoms with E-state index in [1.807, 2.05) is 24.3 Å². The fourth-order valence-electron chi connectivity index (χ4n) is 3.96. The van der Waals surface area contributed by atoms with E-state index in [9.17, 15) is 29.5 Å². The van der Waals surface area contributed by atoms with E-state index in [1.54, 1.807) is 24.3 Å². The highest BCUT2D eigenvalue weighted by Crippen LogP contribution is 2.45. The van der Waals surface area contributed by atoms with Crippen molar-refractivity contribution in [2.75, 3.05) is 5.34 Å². The first-order valence-electron chi connectivity index (χ1n) is 11.7. The van der Waals surface area contributed by atoms with Gasteiger partial charge in [-0.15, -0.1) is 45.9 Å². The van der Waals surface area contributed by atoms with Crippen molar-refractivity contribution in [2.45, 2.75) is 52.4 Å². The van der Waals surface area contributed by atoms with E-state index in [1.165, 1.54) is 0 Å². The smallest absolute Gasteiger partial charge is 0.209 e. The molecule has 3 heterocycles. The largest absolute Gasteiger partial charge is 0.218 e. The van der Waals surface area contributed by atoms with E-state index in [4.69, 9.17) is 23.2 Å². The molecule has 0 bridgehead atoms. The molecule has 2 aromatic rings. The Morgan fingerprint density at radius 2 is 1.08 bits per heavy atom. The molecule has 3 rings (SSSR count). The Kier molecular flexibility index (Phi) is 12.3. The van der Waals surface area contributed by atoms with Gasteiger partial charge in [-0.3, -0.25) is 0 Å². The SMILES string of the molecule is CCCCC1=C(CCCC)C(=c2/ccc(=C(C#N)C#N)s2)/S(=O)(=O)/C1=c1\ccc(=C(C#N)C#N)s1.ClCCl. The number of nitriles is 4. The van der Waals surface area contributed by atoms with Crippen LogP contribution in [0.4, 0.5) is 0 Å². The molecule has 0 amide bonds. The van der Waals surface area contributed by atoms with Crippen molar-refractivity contribution in [3.63, 3.8) is 0 Å². The fraction of sp³-hybridized carbons (Fsp3) is 0.333. The van der Waals surface area contributed by atoms with Gasteiger partial charge < -0.3 is 0 Å². The third kappa shape index (κ3) is 6.75. The Balaban J connectivity index is 0.00000161. The second-order valence-corrected chi connectivity index (χ2v) is 12.8. The van der Waals surface area contributed by atoms with Crippen LogP contribution in [0.2, 0.25) is 0 Å². The second-order valence-electron chi connectivity index (χ2n) is 7.95. The van der Waals surface area contributed by atoms with Crippen LogP contribution in [0.25, 0.3) is 21.0 Å². The number of sulfone groups is 1. The standard InChI is InChI=1S/C26H22N4O2S3.CH2Cl2/c1-3-5-7-19-20(8-6-4-2)26(24-12-10-22(34-24)18(15-29)16-30)35(31,32)25(19)23-11-9-21(33-23)17(13-27)14-28;2-1-3/h9-12H,3-8H2,1-2H3;1H2/b25-23+,26-24+;. The molecule has 11 heteroatoms. The van der Waals surface area contributed by atoms with Gasteiger partial charge in [0.2, 0.25) is 9.84 Å². The maximum atomic E-state index is 14.1. The molecule has 0 atom stereocenters. The van der Waals surface area contributed by atoms with Crippen LogP contribution >= 0.6 is 45.9 Å². The zero-order valence-corrected chi connectivity index (χ0v) is 24.8. The van der Waals surface area contributed by atoms with Gasteiger partial charge in [0, 0.05) is 9.06 Å². The van der Waals surface area contributed by atoms with Crippen LogP contribution in [0.1, 0.15) is 52.4 Å². The second kappa shape index (κ2) is 14.9. The van der Waals surface area contributed by atoms with E-state index in [0.717, 1.165) is 59.5 Å². The van der Waals surface area contributed by atoms with Crippen LogP contribution in [0.15, 0.2) is 35.4 Å². The highest BCUT2D eigenvalue weighted by atomic mass is 35.5. The lowest BCUT2D eigenvalue weighted by molar-refractivity contribution is 0.615. The topological polar surface area (TPSA) is 129 Å². The van der Waals surface area contributed by atoms with Crippen molar-refractivity contribution in [3.8, 4) is 24.3 Å². The average Bonchev–Trinajstić information content (AvgIpc) is 3.60. The Bertz CT molecular complexity index is 1600. The van der Waals surface area contributed by atoms with E-state index >= 15 is 0 Å². The molecule has 38 heavy (non-hydrogen) atoms. The molecule has 1 aliphatic rings. The van der Waals surface area contributed by atoms with E-state index < -0.39 is 9.84 Å². The van der Waals surface area contributed by atoms with Gasteiger partial charge in [-0.2, -0.15) is 21.0 Å². The Labute approximate surface area is 240 Å². The maximum Gasteiger partial charge on any atom is 0.209 e. The monoisotopic (exact) mass is 602 g/mol. The number of hydrogen-bond donors (Lipinski definition) is 0. The zero-order valence-electron chi connectivity index (χ0n) is 20.8. The molecule has 0 saturated heterocycles. The lowest BCUT2D eigenvalue weighted by atomic mass is 9.97. The van der Waals surface area contributed by atoms with Crippen molar-refractivity contribution < 1.29 is 8.42 Å². The van der Waals surface area contributed by atoms with Gasteiger partial charge in [-0.1, -0.05) is 26.7 Å². The van der Waals surface area contributed by atoms with E-state index in [0.29, 0.717) is 31.0 Å². The van der Waals surface area contributed by atoms with Crippen LogP contribution in [-0.4, -0.2) is 13.8 Å². The van der Waals surface area contributed by atoms with E-state index in [-0.39, 0.29) is 26.3 Å². The molecule has 0 radical (unpaired) electrons. The fourth-order valence-corrected chi connectivity index (χ4v) is 8.67. The van der Waals surface area contributed by atoms with Gasteiger partial charge in [-0.25, -0.2) is 8.42 Å². The molecule has 196 valence electrons. The highest BCUT2D eigenvalue weighted by Gasteiger charge is 2.39. The molecule has 0 aromatic carbocycles. The van der Waals surface area contributed by atoms with Crippen molar-refractivity contribution in [2.24, 2.45) is 0 Å². The van der Waals surface area contributed by atoms with Gasteiger partial charge in [-0.05, 0) is 61.1 Å². The van der Waals surface area contributed by atoms with Crippen molar-refractivity contribution in [1.29, 1.82) is 21.0 Å². The summed E-state index contributed by atoms with van der Waals surface area (Å²) in [6.07, 6.45) is 4.63. The summed E-state index contributed by atoms with van der Waals surface area (Å²) in [5.74, 6) is 0. The maximum absolute atomic E-state index is 14.1. The number of nitrogens with zero attached hydrogens (tertiary/aromatic N) is 4. The molecule has 6 nitrogen and oxygen atoms in total. The Morgan fingerprint density at radius 1 is 0.737 bits per heavy atom. The molecule has 0 fully saturated rings. The Hall–Kier alpha value is -2.89. The van der Waals surface area contributed by atoms with Crippen LogP contribution in [0.5, 0.6) is 0 Å². The van der Waals surface area contributed by atoms with Gasteiger partial charge in [0.25, 0.3) is 0 Å². The first-order chi connectivity index (χ1) is 18.3. The molecule has 2 aromatic heterocycles. The van der Waals surface area contributed by atoms with Crippen LogP contribution in [-0.2, 0) is 9.84 Å². The van der Waals surface area contributed by atoms with Crippen molar-refractivity contribution in [3.05, 3.63) is 53.5 Å². The van der Waals surface area contributed by atoms with Crippen molar-refractivity contribution >= 4 is 76.7 Å². The number of rotatable bonds is 6. The quantitative estimate of drug-likeness (QED) is 0.442. The molecule has 0 saturated carbocycles. The van der Waals surface area contributed by atoms with Crippen LogP contribution < -0.4 is 18.1 Å². The van der Waals surface area contributed by atoms with Crippen LogP contribution in [0, 0.1) is 45.3 Å². The first kappa shape index (κ1) is 31.3. The molecule has 0 unspecified atom stereocenters. The van der Waals surface area contributed by atoms with Crippen LogP contribution in [0.3, 0.4) is 0 Å². The minimum Gasteiger partial charge on any atom is -0.218 e. The first-order valence-corrected chi connectivity index (χ1v) is 15.9. The number of hydrogen-bond acceptors (Lipinski definition) is 8. The van der Waals surface area contributed by atoms with Gasteiger partial charge >= 0.3 is 0 Å². The minimum absolute atomic E-state index is 0.0503. The third-order valence-corrected chi connectivity index (χ3v) is 10.1. The minimum atomic E-state index is -3.91. The summed E-state index contributed by atoms with van der Waals surface area (Å²) in [4.78, 5) is 0.497. The Morgan fingerprint density at radius 3 is 1.37 bits per heavy atom. The average molecular weight is 604 g/mol. The lowest BCUT2D eigenvalue weighted by Crippen LogP contribution is -2.13. The van der Waals surface area contributed by atoms with Gasteiger partial charge in [0.15, 0.2) is 0 Å². The predicted octanol–water partition coefficient (Wildman–Crippen LogP) is 4.65. The number of halogens is 2. The van der Waals surface area contributed by atoms with Crippen molar-refractivity contribution in [1.82, 2.24) is 0 Å². The lowest BCUT2D eigenvalue weighted by Gasteiger charge is -2.06. The summed E-state index contributed by atoms with van der Waals surface area (Å²) in [6.45, 7) is 4.11. The molecular formula is C27H24Cl2N4O2S3. The summed E-state index contributed by atoms with van der Waals surface area (Å²) in [7, 11) is -3.91. The summed E-state index contributed by atoms with van der Waals surface area (Å²) in [6, 6.07) is 14.1. The number of alkyl halides is 2. The highest BCUT2D eigenvalue weighted by molar-refractivity contribution is 8.09. The third-order valence-electron chi connectivity index (χ3n) is 5.61. The molecule has 0 N–H and O–H groups in total.